The molecule has 1 aromatic carbocycles. The Kier molecular flexibility index (Phi) is 4.84. The van der Waals surface area contributed by atoms with Crippen LogP contribution in [0.3, 0.4) is 0 Å². The number of rotatable bonds is 3. The van der Waals surface area contributed by atoms with Crippen LogP contribution >= 0.6 is 0 Å². The average molecular weight is 346 g/mol. The van der Waals surface area contributed by atoms with Gasteiger partial charge in [0.05, 0.1) is 25.1 Å². The Labute approximate surface area is 148 Å². The normalized spacial score (nSPS) is 24.7. The maximum absolute atomic E-state index is 12.5. The van der Waals surface area contributed by atoms with Crippen molar-refractivity contribution >= 4 is 17.5 Å². The highest BCUT2D eigenvalue weighted by Crippen LogP contribution is 2.32. The number of carbonyl (C=O) groups excluding carboxylic acids is 2. The number of likely N-dealkylation sites (tertiary alicyclic amines) is 1. The van der Waals surface area contributed by atoms with Gasteiger partial charge in [0, 0.05) is 12.2 Å². The number of amides is 2. The summed E-state index contributed by atoms with van der Waals surface area (Å²) >= 11 is 0. The number of morpholine rings is 1. The van der Waals surface area contributed by atoms with Crippen molar-refractivity contribution < 1.29 is 19.4 Å². The molecule has 0 bridgehead atoms. The molecule has 1 N–H and O–H groups in total. The summed E-state index contributed by atoms with van der Waals surface area (Å²) < 4.78 is 5.93. The van der Waals surface area contributed by atoms with Gasteiger partial charge in [-0.05, 0) is 38.8 Å². The topological polar surface area (TPSA) is 70.1 Å². The van der Waals surface area contributed by atoms with E-state index in [4.69, 9.17) is 4.74 Å². The zero-order valence-electron chi connectivity index (χ0n) is 14.9. The Bertz CT molecular complexity index is 641. The second-order valence-electron chi connectivity index (χ2n) is 7.70. The number of aliphatic hydroxyl groups is 1. The van der Waals surface area contributed by atoms with E-state index in [1.54, 1.807) is 23.6 Å². The van der Waals surface area contributed by atoms with Gasteiger partial charge in [-0.2, -0.15) is 0 Å². The van der Waals surface area contributed by atoms with E-state index in [-0.39, 0.29) is 24.8 Å². The number of nitrogens with zero attached hydrogens (tertiary/aromatic N) is 2. The van der Waals surface area contributed by atoms with Crippen molar-refractivity contribution in [3.63, 3.8) is 0 Å². The fraction of sp³-hybridized carbons (Fsp3) is 0.579. The zero-order chi connectivity index (χ0) is 18.1. The van der Waals surface area contributed by atoms with Crippen molar-refractivity contribution in [3.8, 4) is 0 Å². The molecule has 1 atom stereocenters. The molecule has 2 fully saturated rings. The molecule has 0 aromatic heterocycles. The van der Waals surface area contributed by atoms with Gasteiger partial charge in [-0.3, -0.25) is 9.59 Å². The number of anilines is 1. The van der Waals surface area contributed by atoms with Crippen LogP contribution < -0.4 is 4.90 Å². The van der Waals surface area contributed by atoms with E-state index in [2.05, 4.69) is 0 Å². The molecule has 3 rings (SSSR count). The van der Waals surface area contributed by atoms with Crippen molar-refractivity contribution in [2.45, 2.75) is 44.3 Å². The number of ether oxygens (including phenoxy) is 1. The Morgan fingerprint density at radius 3 is 2.68 bits per heavy atom. The summed E-state index contributed by atoms with van der Waals surface area (Å²) in [6, 6.07) is 9.56. The molecule has 136 valence electrons. The molecular weight excluding hydrogens is 320 g/mol. The first-order valence-corrected chi connectivity index (χ1v) is 8.78. The molecule has 1 aromatic rings. The molecule has 0 saturated carbocycles. The quantitative estimate of drug-likeness (QED) is 0.902. The maximum atomic E-state index is 12.5. The molecule has 6 heteroatoms. The van der Waals surface area contributed by atoms with Crippen LogP contribution in [-0.4, -0.2) is 59.3 Å². The number of para-hydroxylation sites is 1. The Morgan fingerprint density at radius 1 is 1.28 bits per heavy atom. The lowest BCUT2D eigenvalue weighted by Crippen LogP contribution is -2.62. The van der Waals surface area contributed by atoms with Crippen molar-refractivity contribution in [1.82, 2.24) is 4.90 Å². The molecule has 2 heterocycles. The van der Waals surface area contributed by atoms with Gasteiger partial charge in [-0.25, -0.2) is 0 Å². The van der Waals surface area contributed by atoms with E-state index in [9.17, 15) is 14.7 Å². The van der Waals surface area contributed by atoms with Gasteiger partial charge in [-0.1, -0.05) is 18.2 Å². The molecular formula is C19H26N2O4. The van der Waals surface area contributed by atoms with Crippen molar-refractivity contribution in [1.29, 1.82) is 0 Å². The van der Waals surface area contributed by atoms with Crippen LogP contribution in [0.15, 0.2) is 30.3 Å². The highest BCUT2D eigenvalue weighted by atomic mass is 16.5. The van der Waals surface area contributed by atoms with Gasteiger partial charge in [0.15, 0.2) is 0 Å². The lowest BCUT2D eigenvalue weighted by Gasteiger charge is -2.48. The largest absolute Gasteiger partial charge is 0.390 e. The molecule has 2 saturated heterocycles. The number of piperidine rings is 1. The highest BCUT2D eigenvalue weighted by Gasteiger charge is 2.44. The molecule has 2 aliphatic rings. The molecule has 0 aliphatic carbocycles. The van der Waals surface area contributed by atoms with Crippen LogP contribution in [0.2, 0.25) is 0 Å². The van der Waals surface area contributed by atoms with E-state index < -0.39 is 11.2 Å². The summed E-state index contributed by atoms with van der Waals surface area (Å²) in [4.78, 5) is 28.3. The monoisotopic (exact) mass is 346 g/mol. The third-order valence-corrected chi connectivity index (χ3v) is 4.79. The van der Waals surface area contributed by atoms with Crippen LogP contribution in [0.5, 0.6) is 0 Å². The zero-order valence-corrected chi connectivity index (χ0v) is 14.9. The summed E-state index contributed by atoms with van der Waals surface area (Å²) in [7, 11) is 0. The van der Waals surface area contributed by atoms with Crippen LogP contribution in [0.1, 0.15) is 33.1 Å². The second-order valence-corrected chi connectivity index (χ2v) is 7.70. The molecule has 1 unspecified atom stereocenters. The summed E-state index contributed by atoms with van der Waals surface area (Å²) in [5, 5.41) is 9.91. The van der Waals surface area contributed by atoms with E-state index in [1.807, 2.05) is 30.3 Å². The highest BCUT2D eigenvalue weighted by molar-refractivity contribution is 5.95. The van der Waals surface area contributed by atoms with Gasteiger partial charge in [-0.15, -0.1) is 0 Å². The van der Waals surface area contributed by atoms with Crippen LogP contribution in [0.25, 0.3) is 0 Å². The molecule has 0 radical (unpaired) electrons. The molecule has 1 spiro atoms. The third-order valence-electron chi connectivity index (χ3n) is 4.79. The van der Waals surface area contributed by atoms with Crippen molar-refractivity contribution in [2.24, 2.45) is 0 Å². The standard InChI is InChI=1S/C19H26N2O4/c1-18(2,24)11-16(22)20-10-6-9-19(13-20)14-21(17(23)12-25-19)15-7-4-3-5-8-15/h3-5,7-8,24H,6,9-14H2,1-2H3. The van der Waals surface area contributed by atoms with Gasteiger partial charge in [0.2, 0.25) is 5.91 Å². The summed E-state index contributed by atoms with van der Waals surface area (Å²) in [6.45, 7) is 4.87. The van der Waals surface area contributed by atoms with Crippen molar-refractivity contribution in [3.05, 3.63) is 30.3 Å². The smallest absolute Gasteiger partial charge is 0.253 e. The predicted molar refractivity (Wildman–Crippen MR) is 94.2 cm³/mol. The number of carbonyl (C=O) groups is 2. The first kappa shape index (κ1) is 17.9. The van der Waals surface area contributed by atoms with E-state index in [0.29, 0.717) is 19.6 Å². The van der Waals surface area contributed by atoms with Crippen LogP contribution in [0, 0.1) is 0 Å². The third kappa shape index (κ3) is 4.19. The van der Waals surface area contributed by atoms with E-state index in [1.165, 1.54) is 0 Å². The lowest BCUT2D eigenvalue weighted by atomic mass is 9.89. The number of hydrogen-bond acceptors (Lipinski definition) is 4. The maximum Gasteiger partial charge on any atom is 0.253 e. The Hall–Kier alpha value is -1.92. The summed E-state index contributed by atoms with van der Waals surface area (Å²) in [6.07, 6.45) is 1.73. The SMILES string of the molecule is CC(C)(O)CC(=O)N1CCCC2(C1)CN(c1ccccc1)C(=O)CO2. The first-order valence-electron chi connectivity index (χ1n) is 8.78. The molecule has 6 nitrogen and oxygen atoms in total. The van der Waals surface area contributed by atoms with E-state index >= 15 is 0 Å². The predicted octanol–water partition coefficient (Wildman–Crippen LogP) is 1.57. The van der Waals surface area contributed by atoms with Crippen molar-refractivity contribution in [2.75, 3.05) is 31.1 Å². The fourth-order valence-corrected chi connectivity index (χ4v) is 3.60. The molecule has 2 aliphatic heterocycles. The minimum atomic E-state index is -1.03. The van der Waals surface area contributed by atoms with Gasteiger partial charge in [0.25, 0.3) is 5.91 Å². The minimum Gasteiger partial charge on any atom is -0.390 e. The van der Waals surface area contributed by atoms with Crippen LogP contribution in [-0.2, 0) is 14.3 Å². The molecule has 2 amide bonds. The second kappa shape index (κ2) is 6.77. The fourth-order valence-electron chi connectivity index (χ4n) is 3.60. The summed E-state index contributed by atoms with van der Waals surface area (Å²) in [5.41, 5.74) is -0.701. The van der Waals surface area contributed by atoms with Crippen LogP contribution in [0.4, 0.5) is 5.69 Å². The number of benzene rings is 1. The lowest BCUT2D eigenvalue weighted by molar-refractivity contribution is -0.155. The van der Waals surface area contributed by atoms with Gasteiger partial charge < -0.3 is 19.6 Å². The average Bonchev–Trinajstić information content (AvgIpc) is 2.57. The van der Waals surface area contributed by atoms with Gasteiger partial charge in [0.1, 0.15) is 12.2 Å². The summed E-state index contributed by atoms with van der Waals surface area (Å²) in [5.74, 6) is -0.130. The Balaban J connectivity index is 1.74. The molecule has 25 heavy (non-hydrogen) atoms. The van der Waals surface area contributed by atoms with Gasteiger partial charge >= 0.3 is 0 Å². The van der Waals surface area contributed by atoms with E-state index in [0.717, 1.165) is 18.5 Å². The number of hydrogen-bond donors (Lipinski definition) is 1. The minimum absolute atomic E-state index is 0.0302. The first-order chi connectivity index (χ1) is 11.8. The Morgan fingerprint density at radius 2 is 2.00 bits per heavy atom.